The van der Waals surface area contributed by atoms with Gasteiger partial charge in [-0.3, -0.25) is 4.79 Å². The quantitative estimate of drug-likeness (QED) is 0.752. The Morgan fingerprint density at radius 3 is 2.90 bits per heavy atom. The van der Waals surface area contributed by atoms with E-state index in [9.17, 15) is 4.79 Å². The molecule has 106 valence electrons. The molecule has 0 spiro atoms. The second-order valence-electron chi connectivity index (χ2n) is 4.44. The van der Waals surface area contributed by atoms with Crippen molar-refractivity contribution in [1.29, 1.82) is 0 Å². The maximum Gasteiger partial charge on any atom is 0.251 e. The van der Waals surface area contributed by atoms with Crippen molar-refractivity contribution in [3.63, 3.8) is 0 Å². The molecular formula is C15H18N2O3. The van der Waals surface area contributed by atoms with E-state index in [1.165, 1.54) is 0 Å². The summed E-state index contributed by atoms with van der Waals surface area (Å²) in [5.74, 6) is 0.678. The maximum atomic E-state index is 11.8. The number of rotatable bonds is 6. The Labute approximate surface area is 117 Å². The van der Waals surface area contributed by atoms with Crippen molar-refractivity contribution in [3.8, 4) is 0 Å². The summed E-state index contributed by atoms with van der Waals surface area (Å²) in [4.78, 5) is 11.8. The van der Waals surface area contributed by atoms with Crippen molar-refractivity contribution in [1.82, 2.24) is 5.32 Å². The number of aliphatic hydroxyl groups excluding tert-OH is 1. The number of anilines is 1. The van der Waals surface area contributed by atoms with Crippen LogP contribution in [0, 0.1) is 6.92 Å². The van der Waals surface area contributed by atoms with E-state index in [1.807, 2.05) is 25.1 Å². The van der Waals surface area contributed by atoms with E-state index in [-0.39, 0.29) is 19.1 Å². The third-order valence-electron chi connectivity index (χ3n) is 2.94. The van der Waals surface area contributed by atoms with E-state index in [0.717, 1.165) is 17.0 Å². The molecule has 1 aromatic heterocycles. The highest BCUT2D eigenvalue weighted by Gasteiger charge is 2.06. The molecule has 0 fully saturated rings. The molecule has 0 bridgehead atoms. The molecule has 5 heteroatoms. The minimum Gasteiger partial charge on any atom is -0.467 e. The van der Waals surface area contributed by atoms with Crippen LogP contribution >= 0.6 is 0 Å². The van der Waals surface area contributed by atoms with E-state index in [4.69, 9.17) is 9.52 Å². The first kappa shape index (κ1) is 14.1. The highest BCUT2D eigenvalue weighted by atomic mass is 16.3. The molecule has 0 saturated carbocycles. The Balaban J connectivity index is 1.99. The lowest BCUT2D eigenvalue weighted by molar-refractivity contribution is 0.0945. The zero-order chi connectivity index (χ0) is 14.4. The monoisotopic (exact) mass is 274 g/mol. The number of hydrogen-bond donors (Lipinski definition) is 3. The first-order valence-corrected chi connectivity index (χ1v) is 6.46. The number of carbonyl (C=O) groups excluding carboxylic acids is 1. The van der Waals surface area contributed by atoms with Crippen molar-refractivity contribution in [3.05, 3.63) is 53.5 Å². The van der Waals surface area contributed by atoms with Crippen LogP contribution in [-0.2, 0) is 6.54 Å². The number of benzene rings is 1. The average Bonchev–Trinajstić information content (AvgIpc) is 2.88. The molecule has 5 nitrogen and oxygen atoms in total. The molecule has 1 amide bonds. The van der Waals surface area contributed by atoms with Crippen molar-refractivity contribution in [2.45, 2.75) is 13.5 Å². The van der Waals surface area contributed by atoms with Crippen molar-refractivity contribution >= 4 is 11.6 Å². The number of hydrogen-bond acceptors (Lipinski definition) is 4. The molecule has 1 heterocycles. The molecular weight excluding hydrogens is 256 g/mol. The molecule has 3 N–H and O–H groups in total. The van der Waals surface area contributed by atoms with Gasteiger partial charge in [-0.2, -0.15) is 0 Å². The van der Waals surface area contributed by atoms with Gasteiger partial charge in [-0.1, -0.05) is 6.07 Å². The van der Waals surface area contributed by atoms with Crippen LogP contribution in [0.3, 0.4) is 0 Å². The predicted molar refractivity (Wildman–Crippen MR) is 76.6 cm³/mol. The Morgan fingerprint density at radius 2 is 2.20 bits per heavy atom. The summed E-state index contributed by atoms with van der Waals surface area (Å²) in [5.41, 5.74) is 2.49. The molecule has 20 heavy (non-hydrogen) atoms. The van der Waals surface area contributed by atoms with Crippen LogP contribution in [0.5, 0.6) is 0 Å². The first-order chi connectivity index (χ1) is 9.70. The first-order valence-electron chi connectivity index (χ1n) is 6.46. The number of carbonyl (C=O) groups is 1. The lowest BCUT2D eigenvalue weighted by Gasteiger charge is -2.08. The fourth-order valence-electron chi connectivity index (χ4n) is 1.81. The van der Waals surface area contributed by atoms with Gasteiger partial charge in [-0.25, -0.2) is 0 Å². The molecule has 0 aliphatic carbocycles. The van der Waals surface area contributed by atoms with Gasteiger partial charge in [0, 0.05) is 17.8 Å². The van der Waals surface area contributed by atoms with Gasteiger partial charge in [-0.05, 0) is 36.8 Å². The van der Waals surface area contributed by atoms with E-state index in [2.05, 4.69) is 10.6 Å². The van der Waals surface area contributed by atoms with Gasteiger partial charge < -0.3 is 20.2 Å². The van der Waals surface area contributed by atoms with Crippen LogP contribution in [-0.4, -0.2) is 24.2 Å². The smallest absolute Gasteiger partial charge is 0.251 e. The summed E-state index contributed by atoms with van der Waals surface area (Å²) in [6.07, 6.45) is 1.66. The molecule has 0 atom stereocenters. The molecule has 2 rings (SSSR count). The highest BCUT2D eigenvalue weighted by Crippen LogP contribution is 2.14. The third-order valence-corrected chi connectivity index (χ3v) is 2.94. The Morgan fingerprint density at radius 1 is 1.35 bits per heavy atom. The summed E-state index contributed by atoms with van der Waals surface area (Å²) in [6.45, 7) is 2.74. The number of furan rings is 1. The number of amides is 1. The second kappa shape index (κ2) is 6.77. The van der Waals surface area contributed by atoms with E-state index in [0.29, 0.717) is 12.1 Å². The summed E-state index contributed by atoms with van der Waals surface area (Å²) in [7, 11) is 0. The molecule has 0 aliphatic heterocycles. The standard InChI is InChI=1S/C15H18N2O3/c1-11-5-8-20-14(11)10-17-13-4-2-3-12(9-13)15(19)16-6-7-18/h2-5,8-9,17-18H,6-7,10H2,1H3,(H,16,19). The van der Waals surface area contributed by atoms with Gasteiger partial charge in [0.25, 0.3) is 5.91 Å². The van der Waals surface area contributed by atoms with Gasteiger partial charge in [0.2, 0.25) is 0 Å². The van der Waals surface area contributed by atoms with Crippen LogP contribution in [0.15, 0.2) is 41.0 Å². The summed E-state index contributed by atoms with van der Waals surface area (Å²) in [6, 6.07) is 9.11. The van der Waals surface area contributed by atoms with Crippen molar-refractivity contribution in [2.75, 3.05) is 18.5 Å². The third kappa shape index (κ3) is 3.61. The second-order valence-corrected chi connectivity index (χ2v) is 4.44. The Bertz CT molecular complexity index is 578. The molecule has 2 aromatic rings. The maximum absolute atomic E-state index is 11.8. The van der Waals surface area contributed by atoms with Crippen LogP contribution in [0.1, 0.15) is 21.7 Å². The molecule has 0 aliphatic rings. The Hall–Kier alpha value is -2.27. The largest absolute Gasteiger partial charge is 0.467 e. The van der Waals surface area contributed by atoms with Gasteiger partial charge in [0.15, 0.2) is 0 Å². The van der Waals surface area contributed by atoms with Crippen LogP contribution in [0.4, 0.5) is 5.69 Å². The predicted octanol–water partition coefficient (Wildman–Crippen LogP) is 1.92. The zero-order valence-electron chi connectivity index (χ0n) is 11.3. The average molecular weight is 274 g/mol. The van der Waals surface area contributed by atoms with Crippen LogP contribution in [0.2, 0.25) is 0 Å². The lowest BCUT2D eigenvalue weighted by atomic mass is 10.2. The summed E-state index contributed by atoms with van der Waals surface area (Å²) < 4.78 is 5.35. The van der Waals surface area contributed by atoms with Gasteiger partial charge in [0.1, 0.15) is 5.76 Å². The fraction of sp³-hybridized carbons (Fsp3) is 0.267. The fourth-order valence-corrected chi connectivity index (χ4v) is 1.81. The van der Waals surface area contributed by atoms with Crippen LogP contribution in [0.25, 0.3) is 0 Å². The Kier molecular flexibility index (Phi) is 4.79. The SMILES string of the molecule is Cc1ccoc1CNc1cccc(C(=O)NCCO)c1. The lowest BCUT2D eigenvalue weighted by Crippen LogP contribution is -2.26. The minimum absolute atomic E-state index is 0.0680. The number of aliphatic hydroxyl groups is 1. The zero-order valence-corrected chi connectivity index (χ0v) is 11.3. The molecule has 0 saturated heterocycles. The molecule has 0 unspecified atom stereocenters. The normalized spacial score (nSPS) is 10.3. The van der Waals surface area contributed by atoms with E-state index in [1.54, 1.807) is 18.4 Å². The van der Waals surface area contributed by atoms with Crippen molar-refractivity contribution in [2.24, 2.45) is 0 Å². The van der Waals surface area contributed by atoms with E-state index < -0.39 is 0 Å². The minimum atomic E-state index is -0.197. The summed E-state index contributed by atoms with van der Waals surface area (Å²) in [5, 5.41) is 14.5. The summed E-state index contributed by atoms with van der Waals surface area (Å²) >= 11 is 0. The highest BCUT2D eigenvalue weighted by molar-refractivity contribution is 5.95. The topological polar surface area (TPSA) is 74.5 Å². The molecule has 0 radical (unpaired) electrons. The number of aryl methyl sites for hydroxylation is 1. The van der Waals surface area contributed by atoms with Gasteiger partial charge in [-0.15, -0.1) is 0 Å². The van der Waals surface area contributed by atoms with Gasteiger partial charge >= 0.3 is 0 Å². The van der Waals surface area contributed by atoms with Gasteiger partial charge in [0.05, 0.1) is 19.4 Å². The van der Waals surface area contributed by atoms with Crippen LogP contribution < -0.4 is 10.6 Å². The molecule has 1 aromatic carbocycles. The van der Waals surface area contributed by atoms with Crippen molar-refractivity contribution < 1.29 is 14.3 Å². The van der Waals surface area contributed by atoms with E-state index >= 15 is 0 Å². The number of nitrogens with one attached hydrogen (secondary N) is 2.